The molecule has 28 heavy (non-hydrogen) atoms. The topological polar surface area (TPSA) is 67.8 Å². The minimum atomic E-state index is -0.576. The zero-order valence-corrected chi connectivity index (χ0v) is 18.6. The van der Waals surface area contributed by atoms with Gasteiger partial charge in [-0.15, -0.1) is 0 Å². The van der Waals surface area contributed by atoms with Crippen molar-refractivity contribution in [1.29, 1.82) is 0 Å². The number of hydrogen-bond donors (Lipinski definition) is 2. The fraction of sp³-hybridized carbons (Fsp3) is 0.696. The number of carbonyl (C=O) groups is 1. The molecule has 0 aliphatic heterocycles. The molecule has 0 saturated carbocycles. The Morgan fingerprint density at radius 2 is 1.79 bits per heavy atom. The van der Waals surface area contributed by atoms with Crippen LogP contribution in [0, 0.1) is 20.8 Å². The molecule has 1 rings (SSSR count). The molecule has 0 aromatic heterocycles. The summed E-state index contributed by atoms with van der Waals surface area (Å²) in [6.45, 7) is 12.8. The van der Waals surface area contributed by atoms with Gasteiger partial charge in [-0.3, -0.25) is 4.79 Å². The van der Waals surface area contributed by atoms with E-state index in [1.165, 1.54) is 19.3 Å². The molecule has 2 N–H and O–H groups in total. The van der Waals surface area contributed by atoms with E-state index in [1.807, 2.05) is 40.7 Å². The summed E-state index contributed by atoms with van der Waals surface area (Å²) < 4.78 is 11.5. The van der Waals surface area contributed by atoms with E-state index in [2.05, 4.69) is 12.2 Å². The minimum Gasteiger partial charge on any atom is -0.491 e. The van der Waals surface area contributed by atoms with Crippen LogP contribution in [0.5, 0.6) is 11.5 Å². The first-order valence-electron chi connectivity index (χ1n) is 10.6. The fourth-order valence-corrected chi connectivity index (χ4v) is 2.98. The molecule has 0 saturated heterocycles. The Labute approximate surface area is 170 Å². The predicted molar refractivity (Wildman–Crippen MR) is 114 cm³/mol. The zero-order chi connectivity index (χ0) is 21.1. The number of esters is 1. The second-order valence-corrected chi connectivity index (χ2v) is 7.94. The van der Waals surface area contributed by atoms with Crippen LogP contribution in [0.15, 0.2) is 6.07 Å². The molecule has 0 aliphatic rings. The molecular weight excluding hydrogens is 354 g/mol. The van der Waals surface area contributed by atoms with Crippen molar-refractivity contribution in [2.45, 2.75) is 92.2 Å². The van der Waals surface area contributed by atoms with Gasteiger partial charge in [-0.2, -0.15) is 0 Å². The lowest BCUT2D eigenvalue weighted by molar-refractivity contribution is -0.134. The van der Waals surface area contributed by atoms with E-state index in [0.717, 1.165) is 35.3 Å². The van der Waals surface area contributed by atoms with Gasteiger partial charge >= 0.3 is 5.97 Å². The van der Waals surface area contributed by atoms with E-state index in [1.54, 1.807) is 0 Å². The van der Waals surface area contributed by atoms with E-state index in [9.17, 15) is 9.90 Å². The number of benzene rings is 1. The van der Waals surface area contributed by atoms with E-state index in [-0.39, 0.29) is 12.6 Å². The number of ether oxygens (including phenoxy) is 2. The molecule has 1 aromatic rings. The summed E-state index contributed by atoms with van der Waals surface area (Å²) in [7, 11) is 0. The Morgan fingerprint density at radius 1 is 1.11 bits per heavy atom. The minimum absolute atomic E-state index is 0.175. The average molecular weight is 394 g/mol. The van der Waals surface area contributed by atoms with Crippen molar-refractivity contribution in [1.82, 2.24) is 5.32 Å². The van der Waals surface area contributed by atoms with Gasteiger partial charge in [0.15, 0.2) is 0 Å². The Hall–Kier alpha value is -1.59. The normalized spacial score (nSPS) is 12.3. The van der Waals surface area contributed by atoms with Gasteiger partial charge in [0, 0.05) is 19.0 Å². The molecular formula is C23H39NO4. The van der Waals surface area contributed by atoms with Crippen LogP contribution in [-0.2, 0) is 4.79 Å². The molecule has 0 bridgehead atoms. The third-order valence-corrected chi connectivity index (χ3v) is 4.87. The van der Waals surface area contributed by atoms with E-state index >= 15 is 0 Å². The number of hydrogen-bond acceptors (Lipinski definition) is 5. The highest BCUT2D eigenvalue weighted by atomic mass is 16.5. The van der Waals surface area contributed by atoms with Gasteiger partial charge < -0.3 is 19.9 Å². The molecule has 0 radical (unpaired) electrons. The first-order chi connectivity index (χ1) is 13.3. The first-order valence-corrected chi connectivity index (χ1v) is 10.6. The van der Waals surface area contributed by atoms with Crippen LogP contribution < -0.4 is 14.8 Å². The third kappa shape index (κ3) is 8.61. The molecule has 5 heteroatoms. The summed E-state index contributed by atoms with van der Waals surface area (Å²) in [5.41, 5.74) is 2.71. The number of unbranched alkanes of at least 4 members (excludes halogenated alkanes) is 4. The Balaban J connectivity index is 2.64. The van der Waals surface area contributed by atoms with Crippen LogP contribution >= 0.6 is 0 Å². The quantitative estimate of drug-likeness (QED) is 0.291. The molecule has 0 spiro atoms. The lowest BCUT2D eigenvalue weighted by Gasteiger charge is -2.19. The van der Waals surface area contributed by atoms with E-state index < -0.39 is 6.10 Å². The van der Waals surface area contributed by atoms with Crippen molar-refractivity contribution >= 4 is 5.97 Å². The van der Waals surface area contributed by atoms with Crippen LogP contribution in [0.4, 0.5) is 0 Å². The maximum Gasteiger partial charge on any atom is 0.311 e. The lowest BCUT2D eigenvalue weighted by atomic mass is 10.0. The van der Waals surface area contributed by atoms with Crippen LogP contribution in [-0.4, -0.2) is 36.4 Å². The third-order valence-electron chi connectivity index (χ3n) is 4.87. The molecule has 0 heterocycles. The van der Waals surface area contributed by atoms with Crippen LogP contribution in [0.2, 0.25) is 0 Å². The summed E-state index contributed by atoms with van der Waals surface area (Å²) in [4.78, 5) is 12.2. The van der Waals surface area contributed by atoms with Gasteiger partial charge in [-0.25, -0.2) is 0 Å². The standard InChI is InChI=1S/C23H39NO4/c1-7-8-9-10-11-12-22(26)28-23-17(4)13-21(18(5)19(23)6)27-15-20(25)14-24-16(2)3/h13,16,20,24-25H,7-12,14-15H2,1-6H3/t20-/m0/s1. The van der Waals surface area contributed by atoms with Gasteiger partial charge in [-0.1, -0.05) is 46.5 Å². The second-order valence-electron chi connectivity index (χ2n) is 7.94. The van der Waals surface area contributed by atoms with Crippen molar-refractivity contribution < 1.29 is 19.4 Å². The highest BCUT2D eigenvalue weighted by molar-refractivity contribution is 5.73. The number of nitrogens with one attached hydrogen (secondary N) is 1. The maximum absolute atomic E-state index is 12.2. The molecule has 1 atom stereocenters. The van der Waals surface area contributed by atoms with Crippen LogP contribution in [0.25, 0.3) is 0 Å². The van der Waals surface area contributed by atoms with Gasteiger partial charge in [0.1, 0.15) is 24.2 Å². The van der Waals surface area contributed by atoms with Crippen LogP contribution in [0.3, 0.4) is 0 Å². The van der Waals surface area contributed by atoms with Crippen molar-refractivity contribution in [3.8, 4) is 11.5 Å². The van der Waals surface area contributed by atoms with E-state index in [4.69, 9.17) is 9.47 Å². The lowest BCUT2D eigenvalue weighted by Crippen LogP contribution is -2.35. The highest BCUT2D eigenvalue weighted by Crippen LogP contribution is 2.33. The van der Waals surface area contributed by atoms with Gasteiger partial charge in [0.25, 0.3) is 0 Å². The summed E-state index contributed by atoms with van der Waals surface area (Å²) in [6.07, 6.45) is 5.41. The Kier molecular flexibility index (Phi) is 11.2. The SMILES string of the molecule is CCCCCCCC(=O)Oc1c(C)cc(OC[C@@H](O)CNC(C)C)c(C)c1C. The fourth-order valence-electron chi connectivity index (χ4n) is 2.98. The average Bonchev–Trinajstić information content (AvgIpc) is 2.65. The largest absolute Gasteiger partial charge is 0.491 e. The summed E-state index contributed by atoms with van der Waals surface area (Å²) in [6, 6.07) is 2.20. The molecule has 0 aliphatic carbocycles. The predicted octanol–water partition coefficient (Wildman–Crippen LogP) is 4.62. The number of aryl methyl sites for hydroxylation is 1. The van der Waals surface area contributed by atoms with Crippen molar-refractivity contribution in [2.75, 3.05) is 13.2 Å². The van der Waals surface area contributed by atoms with Crippen LogP contribution in [0.1, 0.15) is 76.0 Å². The van der Waals surface area contributed by atoms with Crippen molar-refractivity contribution in [2.24, 2.45) is 0 Å². The highest BCUT2D eigenvalue weighted by Gasteiger charge is 2.16. The second kappa shape index (κ2) is 12.8. The Morgan fingerprint density at radius 3 is 2.43 bits per heavy atom. The number of carbonyl (C=O) groups excluding carboxylic acids is 1. The Bertz CT molecular complexity index is 613. The van der Waals surface area contributed by atoms with Gasteiger partial charge in [0.2, 0.25) is 0 Å². The molecule has 0 unspecified atom stereocenters. The summed E-state index contributed by atoms with van der Waals surface area (Å²) in [5, 5.41) is 13.2. The monoisotopic (exact) mass is 393 g/mol. The zero-order valence-electron chi connectivity index (χ0n) is 18.6. The maximum atomic E-state index is 12.2. The molecule has 5 nitrogen and oxygen atoms in total. The van der Waals surface area contributed by atoms with Crippen molar-refractivity contribution in [3.63, 3.8) is 0 Å². The summed E-state index contributed by atoms with van der Waals surface area (Å²) in [5.74, 6) is 1.18. The van der Waals surface area contributed by atoms with Crippen molar-refractivity contribution in [3.05, 3.63) is 22.8 Å². The first kappa shape index (κ1) is 24.4. The van der Waals surface area contributed by atoms with E-state index in [0.29, 0.717) is 24.8 Å². The van der Waals surface area contributed by atoms with Gasteiger partial charge in [0.05, 0.1) is 0 Å². The molecule has 0 amide bonds. The molecule has 1 aromatic carbocycles. The van der Waals surface area contributed by atoms with Gasteiger partial charge in [-0.05, 0) is 49.9 Å². The number of aliphatic hydroxyl groups is 1. The molecule has 0 fully saturated rings. The number of aliphatic hydroxyl groups excluding tert-OH is 1. The number of rotatable bonds is 13. The summed E-state index contributed by atoms with van der Waals surface area (Å²) >= 11 is 0. The smallest absolute Gasteiger partial charge is 0.311 e. The molecule has 160 valence electrons.